The molecule has 0 unspecified atom stereocenters. The number of aromatic nitrogens is 3. The highest BCUT2D eigenvalue weighted by Crippen LogP contribution is 2.18. The van der Waals surface area contributed by atoms with Crippen LogP contribution in [0.25, 0.3) is 0 Å². The van der Waals surface area contributed by atoms with Gasteiger partial charge in [0.15, 0.2) is 17.5 Å². The van der Waals surface area contributed by atoms with Gasteiger partial charge in [-0.2, -0.15) is 5.10 Å². The van der Waals surface area contributed by atoms with Gasteiger partial charge in [0.2, 0.25) is 11.8 Å². The van der Waals surface area contributed by atoms with Crippen LogP contribution in [0.2, 0.25) is 0 Å². The second-order valence-electron chi connectivity index (χ2n) is 6.31. The molecule has 1 aromatic heterocycles. The Hall–Kier alpha value is -2.88. The maximum Gasteiger partial charge on any atom is 0.237 e. The summed E-state index contributed by atoms with van der Waals surface area (Å²) in [6.07, 6.45) is -0.105. The number of hydrogen-bond donors (Lipinski definition) is 3. The number of carbonyl (C=O) groups excluding carboxylic acids is 2. The third-order valence-corrected chi connectivity index (χ3v) is 4.31. The highest BCUT2D eigenvalue weighted by Gasteiger charge is 2.32. The summed E-state index contributed by atoms with van der Waals surface area (Å²) in [7, 11) is 0. The van der Waals surface area contributed by atoms with Gasteiger partial charge in [0.25, 0.3) is 0 Å². The zero-order valence-electron chi connectivity index (χ0n) is 14.8. The second kappa shape index (κ2) is 8.21. The Bertz CT molecular complexity index is 841. The number of hydrogen-bond acceptors (Lipinski definition) is 5. The molecule has 1 saturated heterocycles. The number of H-pyrrole nitrogens is 1. The Morgan fingerprint density at radius 1 is 1.41 bits per heavy atom. The van der Waals surface area contributed by atoms with Gasteiger partial charge in [0.05, 0.1) is 19.0 Å². The SMILES string of the molecule is Cc1nc(CNC(=O)C[C@H]2C(=O)NCCN2Cc2cccc(F)c2F)n[nH]1. The van der Waals surface area contributed by atoms with E-state index in [4.69, 9.17) is 0 Å². The molecule has 2 aromatic rings. The first-order chi connectivity index (χ1) is 12.9. The Morgan fingerprint density at radius 2 is 2.22 bits per heavy atom. The zero-order valence-corrected chi connectivity index (χ0v) is 14.8. The molecule has 0 aliphatic carbocycles. The number of aryl methyl sites for hydroxylation is 1. The molecule has 1 aromatic carbocycles. The number of amides is 2. The molecule has 0 spiro atoms. The van der Waals surface area contributed by atoms with Crippen LogP contribution in [0.4, 0.5) is 8.78 Å². The lowest BCUT2D eigenvalue weighted by molar-refractivity contribution is -0.134. The summed E-state index contributed by atoms with van der Waals surface area (Å²) >= 11 is 0. The number of nitrogens with zero attached hydrogens (tertiary/aromatic N) is 3. The molecule has 1 aliphatic rings. The van der Waals surface area contributed by atoms with Crippen molar-refractivity contribution in [1.82, 2.24) is 30.7 Å². The lowest BCUT2D eigenvalue weighted by Gasteiger charge is -2.34. The van der Waals surface area contributed by atoms with Gasteiger partial charge in [-0.1, -0.05) is 12.1 Å². The van der Waals surface area contributed by atoms with E-state index >= 15 is 0 Å². The van der Waals surface area contributed by atoms with Crippen LogP contribution in [0, 0.1) is 18.6 Å². The van der Waals surface area contributed by atoms with E-state index in [1.807, 2.05) is 0 Å². The minimum absolute atomic E-state index is 0.0368. The van der Waals surface area contributed by atoms with Gasteiger partial charge >= 0.3 is 0 Å². The maximum atomic E-state index is 14.0. The van der Waals surface area contributed by atoms with Crippen molar-refractivity contribution in [3.63, 3.8) is 0 Å². The first-order valence-electron chi connectivity index (χ1n) is 8.53. The summed E-state index contributed by atoms with van der Waals surface area (Å²) in [5, 5.41) is 12.0. The fourth-order valence-electron chi connectivity index (χ4n) is 2.96. The molecule has 2 amide bonds. The minimum Gasteiger partial charge on any atom is -0.353 e. The molecule has 144 valence electrons. The summed E-state index contributed by atoms with van der Waals surface area (Å²) in [5.41, 5.74) is 0.145. The molecule has 1 atom stereocenters. The third-order valence-electron chi connectivity index (χ3n) is 4.31. The van der Waals surface area contributed by atoms with Crippen molar-refractivity contribution in [3.05, 3.63) is 47.0 Å². The van der Waals surface area contributed by atoms with Crippen LogP contribution < -0.4 is 10.6 Å². The predicted molar refractivity (Wildman–Crippen MR) is 91.1 cm³/mol. The van der Waals surface area contributed by atoms with Gasteiger partial charge in [0.1, 0.15) is 5.82 Å². The highest BCUT2D eigenvalue weighted by atomic mass is 19.2. The quantitative estimate of drug-likeness (QED) is 0.675. The fourth-order valence-corrected chi connectivity index (χ4v) is 2.96. The average molecular weight is 378 g/mol. The molecule has 0 radical (unpaired) electrons. The Balaban J connectivity index is 1.64. The normalized spacial score (nSPS) is 17.6. The smallest absolute Gasteiger partial charge is 0.237 e. The van der Waals surface area contributed by atoms with Crippen molar-refractivity contribution in [2.75, 3.05) is 13.1 Å². The van der Waals surface area contributed by atoms with Crippen LogP contribution in [-0.2, 0) is 22.7 Å². The molecule has 27 heavy (non-hydrogen) atoms. The van der Waals surface area contributed by atoms with Gasteiger partial charge in [0, 0.05) is 25.2 Å². The lowest BCUT2D eigenvalue weighted by atomic mass is 10.1. The van der Waals surface area contributed by atoms with E-state index in [-0.39, 0.29) is 36.9 Å². The average Bonchev–Trinajstić information content (AvgIpc) is 3.05. The number of halogens is 2. The molecule has 8 nitrogen and oxygen atoms in total. The number of piperazine rings is 1. The van der Waals surface area contributed by atoms with Crippen molar-refractivity contribution in [2.45, 2.75) is 32.5 Å². The van der Waals surface area contributed by atoms with Crippen molar-refractivity contribution in [1.29, 1.82) is 0 Å². The van der Waals surface area contributed by atoms with E-state index in [2.05, 4.69) is 25.8 Å². The van der Waals surface area contributed by atoms with Gasteiger partial charge in [-0.05, 0) is 13.0 Å². The van der Waals surface area contributed by atoms with Crippen molar-refractivity contribution in [2.24, 2.45) is 0 Å². The topological polar surface area (TPSA) is 103 Å². The summed E-state index contributed by atoms with van der Waals surface area (Å²) in [6, 6.07) is 3.15. The number of nitrogens with one attached hydrogen (secondary N) is 3. The molecule has 3 N–H and O–H groups in total. The van der Waals surface area contributed by atoms with Crippen molar-refractivity contribution >= 4 is 11.8 Å². The van der Waals surface area contributed by atoms with E-state index in [0.717, 1.165) is 6.07 Å². The van der Waals surface area contributed by atoms with Crippen molar-refractivity contribution < 1.29 is 18.4 Å². The lowest BCUT2D eigenvalue weighted by Crippen LogP contribution is -2.56. The Kier molecular flexibility index (Phi) is 5.75. The molecule has 10 heteroatoms. The van der Waals surface area contributed by atoms with E-state index in [0.29, 0.717) is 24.7 Å². The number of aromatic amines is 1. The molecule has 0 saturated carbocycles. The Morgan fingerprint density at radius 3 is 2.96 bits per heavy atom. The monoisotopic (exact) mass is 378 g/mol. The van der Waals surface area contributed by atoms with Crippen LogP contribution in [0.3, 0.4) is 0 Å². The summed E-state index contributed by atoms with van der Waals surface area (Å²) in [5.74, 6) is -1.48. The summed E-state index contributed by atoms with van der Waals surface area (Å²) < 4.78 is 27.4. The fraction of sp³-hybridized carbons (Fsp3) is 0.412. The molecule has 2 heterocycles. The largest absolute Gasteiger partial charge is 0.353 e. The van der Waals surface area contributed by atoms with Gasteiger partial charge in [-0.15, -0.1) is 0 Å². The van der Waals surface area contributed by atoms with E-state index in [9.17, 15) is 18.4 Å². The van der Waals surface area contributed by atoms with Crippen molar-refractivity contribution in [3.8, 4) is 0 Å². The standard InChI is InChI=1S/C17H20F2N6O2/c1-10-22-14(24-23-10)8-21-15(26)7-13-17(27)20-5-6-25(13)9-11-3-2-4-12(18)16(11)19/h2-4,13H,5-9H2,1H3,(H,20,27)(H,21,26)(H,22,23,24)/t13-/m0/s1. The minimum atomic E-state index is -0.940. The van der Waals surface area contributed by atoms with Crippen LogP contribution in [-0.4, -0.2) is 51.0 Å². The number of rotatable bonds is 6. The number of benzene rings is 1. The van der Waals surface area contributed by atoms with Gasteiger partial charge in [-0.25, -0.2) is 13.8 Å². The summed E-state index contributed by atoms with van der Waals surface area (Å²) in [6.45, 7) is 2.73. The van der Waals surface area contributed by atoms with Gasteiger partial charge in [-0.3, -0.25) is 19.6 Å². The maximum absolute atomic E-state index is 14.0. The molecule has 1 fully saturated rings. The van der Waals surface area contributed by atoms with Crippen LogP contribution >= 0.6 is 0 Å². The predicted octanol–water partition coefficient (Wildman–Crippen LogP) is 0.398. The molecular weight excluding hydrogens is 358 g/mol. The first kappa shape index (κ1) is 18.9. The molecule has 1 aliphatic heterocycles. The van der Waals surface area contributed by atoms with E-state index in [1.54, 1.807) is 11.8 Å². The third kappa shape index (κ3) is 4.64. The summed E-state index contributed by atoms with van der Waals surface area (Å²) in [4.78, 5) is 30.2. The highest BCUT2D eigenvalue weighted by molar-refractivity contribution is 5.88. The Labute approximate surface area is 154 Å². The second-order valence-corrected chi connectivity index (χ2v) is 6.31. The molecule has 0 bridgehead atoms. The molecule has 3 rings (SSSR count). The first-order valence-corrected chi connectivity index (χ1v) is 8.53. The zero-order chi connectivity index (χ0) is 19.4. The van der Waals surface area contributed by atoms with Gasteiger partial charge < -0.3 is 10.6 Å². The molecular formula is C17H20F2N6O2. The van der Waals surface area contributed by atoms with Crippen LogP contribution in [0.5, 0.6) is 0 Å². The number of carbonyl (C=O) groups is 2. The van der Waals surface area contributed by atoms with E-state index in [1.165, 1.54) is 12.1 Å². The van der Waals surface area contributed by atoms with Crippen LogP contribution in [0.1, 0.15) is 23.6 Å². The van der Waals surface area contributed by atoms with E-state index < -0.39 is 17.7 Å². The van der Waals surface area contributed by atoms with Crippen LogP contribution in [0.15, 0.2) is 18.2 Å².